The molecule has 206 valence electrons. The largest absolute Gasteiger partial charge is 0.448 e. The number of nitrogens with one attached hydrogen (secondary N) is 3. The number of nitrogens with zero attached hydrogens (tertiary/aromatic N) is 1. The van der Waals surface area contributed by atoms with E-state index < -0.39 is 12.0 Å². The fourth-order valence-corrected chi connectivity index (χ4v) is 5.41. The molecule has 1 unspecified atom stereocenters. The first-order valence-electron chi connectivity index (χ1n) is 13.6. The van der Waals surface area contributed by atoms with Crippen molar-refractivity contribution in [2.24, 2.45) is 0 Å². The van der Waals surface area contributed by atoms with Gasteiger partial charge in [-0.15, -0.1) is 0 Å². The van der Waals surface area contributed by atoms with Crippen LogP contribution in [0.2, 0.25) is 0 Å². The summed E-state index contributed by atoms with van der Waals surface area (Å²) in [6.07, 6.45) is 7.42. The molecule has 8 heteroatoms. The topological polar surface area (TPSA) is 107 Å². The second-order valence-corrected chi connectivity index (χ2v) is 9.94. The number of hydrogen-bond donors (Lipinski definition) is 4. The van der Waals surface area contributed by atoms with Gasteiger partial charge in [0.25, 0.3) is 5.91 Å². The van der Waals surface area contributed by atoms with Gasteiger partial charge in [0, 0.05) is 48.9 Å². The zero-order chi connectivity index (χ0) is 27.7. The minimum atomic E-state index is -0.561. The standard InChI is InChI=1S/C32H34N4O4/c37-31(35-39)15-11-23-10-13-28-25(20-23)12-14-30(28)36(17-16-26-22-33-29-9-5-4-8-27(26)29)18-19-40-32(38)34-21-24-6-2-1-3-7-24/h1-11,13,15,20,22,30,33,39H,12,14,16-19,21H2,(H,34,38)(H,35,37)/b15-11+. The molecule has 2 amide bonds. The van der Waals surface area contributed by atoms with Crippen molar-refractivity contribution in [3.05, 3.63) is 113 Å². The highest BCUT2D eigenvalue weighted by atomic mass is 16.5. The molecule has 1 heterocycles. The van der Waals surface area contributed by atoms with Crippen molar-refractivity contribution in [1.82, 2.24) is 20.7 Å². The molecule has 1 atom stereocenters. The van der Waals surface area contributed by atoms with E-state index in [1.807, 2.05) is 42.5 Å². The van der Waals surface area contributed by atoms with Crippen LogP contribution in [0.15, 0.2) is 85.1 Å². The molecule has 4 N–H and O–H groups in total. The monoisotopic (exact) mass is 538 g/mol. The van der Waals surface area contributed by atoms with E-state index in [0.717, 1.165) is 42.5 Å². The van der Waals surface area contributed by atoms with Crippen molar-refractivity contribution in [3.8, 4) is 0 Å². The smallest absolute Gasteiger partial charge is 0.407 e. The Morgan fingerprint density at radius 1 is 1.05 bits per heavy atom. The van der Waals surface area contributed by atoms with Gasteiger partial charge < -0.3 is 15.0 Å². The van der Waals surface area contributed by atoms with Crippen LogP contribution in [0.1, 0.15) is 40.3 Å². The number of alkyl carbamates (subject to hydrolysis) is 1. The van der Waals surface area contributed by atoms with Crippen molar-refractivity contribution >= 4 is 29.0 Å². The zero-order valence-electron chi connectivity index (χ0n) is 22.3. The molecule has 0 saturated heterocycles. The van der Waals surface area contributed by atoms with Gasteiger partial charge in [-0.2, -0.15) is 0 Å². The maximum atomic E-state index is 12.4. The number of hydroxylamine groups is 1. The summed E-state index contributed by atoms with van der Waals surface area (Å²) in [6, 6.07) is 24.5. The van der Waals surface area contributed by atoms with Gasteiger partial charge in [0.05, 0.1) is 0 Å². The van der Waals surface area contributed by atoms with Crippen LogP contribution in [0.3, 0.4) is 0 Å². The Morgan fingerprint density at radius 2 is 1.88 bits per heavy atom. The predicted molar refractivity (Wildman–Crippen MR) is 155 cm³/mol. The number of carbonyl (C=O) groups is 2. The Morgan fingerprint density at radius 3 is 2.73 bits per heavy atom. The SMILES string of the molecule is O=C(/C=C/c1ccc2c(c1)CCC2N(CCOC(=O)NCc1ccccc1)CCc1c[nH]c2ccccc12)NO. The zero-order valence-corrected chi connectivity index (χ0v) is 22.3. The van der Waals surface area contributed by atoms with Gasteiger partial charge >= 0.3 is 6.09 Å². The lowest BCUT2D eigenvalue weighted by Gasteiger charge is -2.29. The third kappa shape index (κ3) is 6.77. The molecule has 1 aliphatic rings. The van der Waals surface area contributed by atoms with E-state index in [4.69, 9.17) is 9.94 Å². The van der Waals surface area contributed by atoms with Crippen LogP contribution in [-0.2, 0) is 28.9 Å². The number of hydrogen-bond acceptors (Lipinski definition) is 5. The van der Waals surface area contributed by atoms with E-state index in [9.17, 15) is 9.59 Å². The van der Waals surface area contributed by atoms with Crippen LogP contribution >= 0.6 is 0 Å². The number of rotatable bonds is 11. The Labute approximate surface area is 233 Å². The number of aryl methyl sites for hydroxylation is 1. The van der Waals surface area contributed by atoms with Crippen LogP contribution in [0, 0.1) is 0 Å². The maximum absolute atomic E-state index is 12.4. The molecule has 0 aliphatic heterocycles. The second-order valence-electron chi connectivity index (χ2n) is 9.94. The lowest BCUT2D eigenvalue weighted by molar-refractivity contribution is -0.124. The molecule has 0 fully saturated rings. The summed E-state index contributed by atoms with van der Waals surface area (Å²) in [5.74, 6) is -0.561. The lowest BCUT2D eigenvalue weighted by Crippen LogP contribution is -2.34. The molecule has 40 heavy (non-hydrogen) atoms. The van der Waals surface area contributed by atoms with Crippen LogP contribution in [0.5, 0.6) is 0 Å². The number of carbonyl (C=O) groups excluding carboxylic acids is 2. The van der Waals surface area contributed by atoms with E-state index in [1.54, 1.807) is 11.6 Å². The average Bonchev–Trinajstić information content (AvgIpc) is 3.61. The number of benzene rings is 3. The summed E-state index contributed by atoms with van der Waals surface area (Å²) in [5, 5.41) is 12.8. The van der Waals surface area contributed by atoms with E-state index in [-0.39, 0.29) is 12.6 Å². The number of H-pyrrole nitrogens is 1. The summed E-state index contributed by atoms with van der Waals surface area (Å²) in [5.41, 5.74) is 8.45. The first kappa shape index (κ1) is 27.2. The number of ether oxygens (including phenoxy) is 1. The minimum absolute atomic E-state index is 0.204. The third-order valence-electron chi connectivity index (χ3n) is 7.43. The van der Waals surface area contributed by atoms with Crippen molar-refractivity contribution in [2.45, 2.75) is 31.8 Å². The quantitative estimate of drug-likeness (QED) is 0.120. The van der Waals surface area contributed by atoms with Crippen LogP contribution in [0.25, 0.3) is 17.0 Å². The summed E-state index contributed by atoms with van der Waals surface area (Å²) < 4.78 is 5.57. The third-order valence-corrected chi connectivity index (χ3v) is 7.43. The van der Waals surface area contributed by atoms with Crippen LogP contribution < -0.4 is 10.8 Å². The number of aromatic nitrogens is 1. The number of fused-ring (bicyclic) bond motifs is 2. The van der Waals surface area contributed by atoms with E-state index >= 15 is 0 Å². The van der Waals surface area contributed by atoms with E-state index in [1.165, 1.54) is 28.2 Å². The molecule has 4 aromatic rings. The minimum Gasteiger partial charge on any atom is -0.448 e. The summed E-state index contributed by atoms with van der Waals surface area (Å²) >= 11 is 0. The van der Waals surface area contributed by atoms with Gasteiger partial charge in [0.1, 0.15) is 6.61 Å². The van der Waals surface area contributed by atoms with Crippen LogP contribution in [-0.4, -0.2) is 46.8 Å². The van der Waals surface area contributed by atoms with E-state index in [0.29, 0.717) is 13.1 Å². The number of para-hydroxylation sites is 1. The van der Waals surface area contributed by atoms with Crippen molar-refractivity contribution in [3.63, 3.8) is 0 Å². The predicted octanol–water partition coefficient (Wildman–Crippen LogP) is 5.14. The van der Waals surface area contributed by atoms with Crippen LogP contribution in [0.4, 0.5) is 4.79 Å². The maximum Gasteiger partial charge on any atom is 0.407 e. The summed E-state index contributed by atoms with van der Waals surface area (Å²) in [7, 11) is 0. The van der Waals surface area contributed by atoms with Gasteiger partial charge in [-0.05, 0) is 59.2 Å². The fraction of sp³-hybridized carbons (Fsp3) is 0.250. The van der Waals surface area contributed by atoms with Gasteiger partial charge in [-0.3, -0.25) is 14.9 Å². The van der Waals surface area contributed by atoms with Crippen molar-refractivity contribution in [2.75, 3.05) is 19.7 Å². The molecule has 3 aromatic carbocycles. The van der Waals surface area contributed by atoms with Gasteiger partial charge in [0.2, 0.25) is 0 Å². The molecular formula is C32H34N4O4. The highest BCUT2D eigenvalue weighted by molar-refractivity contribution is 5.90. The molecular weight excluding hydrogens is 504 g/mol. The molecule has 5 rings (SSSR count). The second kappa shape index (κ2) is 13.1. The number of aromatic amines is 1. The molecule has 0 radical (unpaired) electrons. The molecule has 8 nitrogen and oxygen atoms in total. The highest BCUT2D eigenvalue weighted by Crippen LogP contribution is 2.36. The van der Waals surface area contributed by atoms with Crippen molar-refractivity contribution in [1.29, 1.82) is 0 Å². The average molecular weight is 539 g/mol. The Hall–Kier alpha value is -4.40. The van der Waals surface area contributed by atoms with E-state index in [2.05, 4.69) is 51.7 Å². The Bertz CT molecular complexity index is 1480. The fourth-order valence-electron chi connectivity index (χ4n) is 5.41. The first-order valence-corrected chi connectivity index (χ1v) is 13.6. The van der Waals surface area contributed by atoms with Gasteiger partial charge in [-0.1, -0.05) is 66.7 Å². The lowest BCUT2D eigenvalue weighted by atomic mass is 10.0. The summed E-state index contributed by atoms with van der Waals surface area (Å²) in [6.45, 7) is 2.15. The first-order chi connectivity index (χ1) is 19.6. The summed E-state index contributed by atoms with van der Waals surface area (Å²) in [4.78, 5) is 29.5. The molecule has 1 aliphatic carbocycles. The molecule has 1 aromatic heterocycles. The van der Waals surface area contributed by atoms with Gasteiger partial charge in [-0.25, -0.2) is 10.3 Å². The molecule has 0 saturated carbocycles. The van der Waals surface area contributed by atoms with Crippen molar-refractivity contribution < 1.29 is 19.5 Å². The molecule has 0 bridgehead atoms. The number of amides is 2. The van der Waals surface area contributed by atoms with Gasteiger partial charge in [0.15, 0.2) is 0 Å². The normalized spacial score (nSPS) is 14.5. The Kier molecular flexibility index (Phi) is 8.90. The Balaban J connectivity index is 1.26. The molecule has 0 spiro atoms. The highest BCUT2D eigenvalue weighted by Gasteiger charge is 2.28.